The Morgan fingerprint density at radius 1 is 1.47 bits per heavy atom. The van der Waals surface area contributed by atoms with E-state index in [4.69, 9.17) is 5.11 Å². The minimum atomic E-state index is -0.987. The normalized spacial score (nSPS) is 14.0. The SMILES string of the molecule is O=C(O)/C=C/c1ccc2c(c1)NC(=O)C2. The van der Waals surface area contributed by atoms with Crippen LogP contribution in [0.3, 0.4) is 0 Å². The maximum atomic E-state index is 11.1. The van der Waals surface area contributed by atoms with Crippen molar-refractivity contribution in [3.63, 3.8) is 0 Å². The average molecular weight is 203 g/mol. The van der Waals surface area contributed by atoms with Gasteiger partial charge in [0, 0.05) is 11.8 Å². The van der Waals surface area contributed by atoms with Crippen LogP contribution < -0.4 is 5.32 Å². The number of carbonyl (C=O) groups excluding carboxylic acids is 1. The van der Waals surface area contributed by atoms with Crippen molar-refractivity contribution in [3.8, 4) is 0 Å². The van der Waals surface area contributed by atoms with Gasteiger partial charge in [0.15, 0.2) is 0 Å². The zero-order valence-electron chi connectivity index (χ0n) is 7.86. The van der Waals surface area contributed by atoms with Crippen LogP contribution in [-0.4, -0.2) is 17.0 Å². The Labute approximate surface area is 86.2 Å². The van der Waals surface area contributed by atoms with Crippen LogP contribution in [0, 0.1) is 0 Å². The number of rotatable bonds is 2. The van der Waals surface area contributed by atoms with E-state index >= 15 is 0 Å². The van der Waals surface area contributed by atoms with E-state index in [0.29, 0.717) is 6.42 Å². The van der Waals surface area contributed by atoms with E-state index in [1.165, 1.54) is 6.08 Å². The predicted molar refractivity (Wildman–Crippen MR) is 55.4 cm³/mol. The summed E-state index contributed by atoms with van der Waals surface area (Å²) < 4.78 is 0. The number of carbonyl (C=O) groups is 2. The molecule has 1 heterocycles. The maximum Gasteiger partial charge on any atom is 0.328 e. The van der Waals surface area contributed by atoms with Gasteiger partial charge in [-0.15, -0.1) is 0 Å². The van der Waals surface area contributed by atoms with Crippen LogP contribution in [0.25, 0.3) is 6.08 Å². The molecule has 0 spiro atoms. The molecule has 0 unspecified atom stereocenters. The number of amides is 1. The lowest BCUT2D eigenvalue weighted by atomic mass is 10.1. The summed E-state index contributed by atoms with van der Waals surface area (Å²) in [6.45, 7) is 0. The van der Waals surface area contributed by atoms with E-state index in [1.807, 2.05) is 6.07 Å². The van der Waals surface area contributed by atoms with Gasteiger partial charge < -0.3 is 10.4 Å². The van der Waals surface area contributed by atoms with Gasteiger partial charge in [-0.2, -0.15) is 0 Å². The second-order valence-electron chi connectivity index (χ2n) is 3.31. The number of benzene rings is 1. The Hall–Kier alpha value is -2.10. The first-order chi connectivity index (χ1) is 7.15. The molecule has 0 bridgehead atoms. The fourth-order valence-corrected chi connectivity index (χ4v) is 1.50. The highest BCUT2D eigenvalue weighted by atomic mass is 16.4. The highest BCUT2D eigenvalue weighted by Crippen LogP contribution is 2.24. The molecular formula is C11H9NO3. The number of hydrogen-bond acceptors (Lipinski definition) is 2. The van der Waals surface area contributed by atoms with Crippen LogP contribution in [0.1, 0.15) is 11.1 Å². The molecule has 1 amide bonds. The Morgan fingerprint density at radius 3 is 3.00 bits per heavy atom. The monoisotopic (exact) mass is 203 g/mol. The number of nitrogens with one attached hydrogen (secondary N) is 1. The molecule has 0 saturated heterocycles. The quantitative estimate of drug-likeness (QED) is 0.711. The summed E-state index contributed by atoms with van der Waals surface area (Å²) in [6.07, 6.45) is 2.96. The van der Waals surface area contributed by atoms with Crippen molar-refractivity contribution in [1.29, 1.82) is 0 Å². The van der Waals surface area contributed by atoms with Crippen molar-refractivity contribution in [2.45, 2.75) is 6.42 Å². The smallest absolute Gasteiger partial charge is 0.328 e. The van der Waals surface area contributed by atoms with Crippen molar-refractivity contribution < 1.29 is 14.7 Å². The largest absolute Gasteiger partial charge is 0.478 e. The molecule has 0 atom stereocenters. The van der Waals surface area contributed by atoms with E-state index in [-0.39, 0.29) is 5.91 Å². The van der Waals surface area contributed by atoms with Gasteiger partial charge in [-0.05, 0) is 23.3 Å². The first kappa shape index (κ1) is 9.45. The van der Waals surface area contributed by atoms with E-state index in [9.17, 15) is 9.59 Å². The van der Waals surface area contributed by atoms with E-state index < -0.39 is 5.97 Å². The summed E-state index contributed by atoms with van der Waals surface area (Å²) in [5, 5.41) is 11.2. The van der Waals surface area contributed by atoms with Gasteiger partial charge >= 0.3 is 5.97 Å². The zero-order chi connectivity index (χ0) is 10.8. The zero-order valence-corrected chi connectivity index (χ0v) is 7.86. The molecule has 4 nitrogen and oxygen atoms in total. The Kier molecular flexibility index (Phi) is 2.25. The first-order valence-electron chi connectivity index (χ1n) is 4.49. The molecule has 0 radical (unpaired) electrons. The molecule has 1 aromatic carbocycles. The molecule has 0 aromatic heterocycles. The van der Waals surface area contributed by atoms with Gasteiger partial charge in [0.2, 0.25) is 5.91 Å². The van der Waals surface area contributed by atoms with Gasteiger partial charge in [-0.3, -0.25) is 4.79 Å². The van der Waals surface area contributed by atoms with Crippen molar-refractivity contribution in [1.82, 2.24) is 0 Å². The summed E-state index contributed by atoms with van der Waals surface area (Å²) >= 11 is 0. The second kappa shape index (κ2) is 3.57. The van der Waals surface area contributed by atoms with Crippen LogP contribution in [0.2, 0.25) is 0 Å². The van der Waals surface area contributed by atoms with Crippen LogP contribution in [0.15, 0.2) is 24.3 Å². The van der Waals surface area contributed by atoms with Crippen LogP contribution in [0.4, 0.5) is 5.69 Å². The highest BCUT2D eigenvalue weighted by molar-refractivity contribution is 5.99. The topological polar surface area (TPSA) is 66.4 Å². The highest BCUT2D eigenvalue weighted by Gasteiger charge is 2.16. The van der Waals surface area contributed by atoms with Gasteiger partial charge in [0.05, 0.1) is 6.42 Å². The van der Waals surface area contributed by atoms with Crippen molar-refractivity contribution >= 4 is 23.6 Å². The molecule has 2 rings (SSSR count). The van der Waals surface area contributed by atoms with Gasteiger partial charge in [-0.25, -0.2) is 4.79 Å². The molecule has 1 aliphatic rings. The number of anilines is 1. The number of carboxylic acid groups (broad SMARTS) is 1. The number of fused-ring (bicyclic) bond motifs is 1. The predicted octanol–water partition coefficient (Wildman–Crippen LogP) is 1.28. The first-order valence-corrected chi connectivity index (χ1v) is 4.49. The van der Waals surface area contributed by atoms with Gasteiger partial charge in [-0.1, -0.05) is 12.1 Å². The standard InChI is InChI=1S/C11H9NO3/c13-10-6-8-3-1-7(2-4-11(14)15)5-9(8)12-10/h1-5H,6H2,(H,12,13)(H,14,15)/b4-2+. The van der Waals surface area contributed by atoms with E-state index in [0.717, 1.165) is 22.9 Å². The summed E-state index contributed by atoms with van der Waals surface area (Å²) in [6, 6.07) is 5.38. The number of aliphatic carboxylic acids is 1. The Bertz CT molecular complexity index is 463. The second-order valence-corrected chi connectivity index (χ2v) is 3.31. The minimum absolute atomic E-state index is 0.0237. The van der Waals surface area contributed by atoms with Crippen molar-refractivity contribution in [2.75, 3.05) is 5.32 Å². The fourth-order valence-electron chi connectivity index (χ4n) is 1.50. The van der Waals surface area contributed by atoms with Crippen LogP contribution >= 0.6 is 0 Å². The summed E-state index contributed by atoms with van der Waals surface area (Å²) in [5.41, 5.74) is 2.48. The lowest BCUT2D eigenvalue weighted by Crippen LogP contribution is -2.03. The van der Waals surface area contributed by atoms with Crippen molar-refractivity contribution in [2.24, 2.45) is 0 Å². The minimum Gasteiger partial charge on any atom is -0.478 e. The molecule has 15 heavy (non-hydrogen) atoms. The lowest BCUT2D eigenvalue weighted by molar-refractivity contribution is -0.131. The van der Waals surface area contributed by atoms with Crippen molar-refractivity contribution in [3.05, 3.63) is 35.4 Å². The maximum absolute atomic E-state index is 11.1. The Morgan fingerprint density at radius 2 is 2.27 bits per heavy atom. The van der Waals surface area contributed by atoms with Gasteiger partial charge in [0.25, 0.3) is 0 Å². The van der Waals surface area contributed by atoms with Gasteiger partial charge in [0.1, 0.15) is 0 Å². The summed E-state index contributed by atoms with van der Waals surface area (Å²) in [4.78, 5) is 21.4. The molecular weight excluding hydrogens is 194 g/mol. The molecule has 76 valence electrons. The third-order valence-corrected chi connectivity index (χ3v) is 2.18. The third kappa shape index (κ3) is 2.04. The molecule has 1 aromatic rings. The van der Waals surface area contributed by atoms with E-state index in [2.05, 4.69) is 5.32 Å². The molecule has 2 N–H and O–H groups in total. The lowest BCUT2D eigenvalue weighted by Gasteiger charge is -1.99. The Balaban J connectivity index is 2.27. The van der Waals surface area contributed by atoms with Crippen LogP contribution in [-0.2, 0) is 16.0 Å². The summed E-state index contributed by atoms with van der Waals surface area (Å²) in [5.74, 6) is -1.01. The number of carboxylic acids is 1. The summed E-state index contributed by atoms with van der Waals surface area (Å²) in [7, 11) is 0. The molecule has 0 saturated carbocycles. The molecule has 0 fully saturated rings. The molecule has 1 aliphatic heterocycles. The van der Waals surface area contributed by atoms with Crippen LogP contribution in [0.5, 0.6) is 0 Å². The fraction of sp³-hybridized carbons (Fsp3) is 0.0909. The molecule has 0 aliphatic carbocycles. The number of hydrogen-bond donors (Lipinski definition) is 2. The third-order valence-electron chi connectivity index (χ3n) is 2.18. The molecule has 4 heteroatoms. The average Bonchev–Trinajstić information content (AvgIpc) is 2.53. The van der Waals surface area contributed by atoms with E-state index in [1.54, 1.807) is 12.1 Å².